The van der Waals surface area contributed by atoms with Gasteiger partial charge in [0.15, 0.2) is 0 Å². The smallest absolute Gasteiger partial charge is 0.253 e. The van der Waals surface area contributed by atoms with Crippen molar-refractivity contribution in [2.75, 3.05) is 5.73 Å². The minimum absolute atomic E-state index is 0.0507. The number of pyridine rings is 1. The fraction of sp³-hybridized carbons (Fsp3) is 0.280. The number of aryl methyl sites for hydroxylation is 1. The second-order valence-electron chi connectivity index (χ2n) is 8.67. The van der Waals surface area contributed by atoms with Crippen LogP contribution in [0.2, 0.25) is 0 Å². The highest BCUT2D eigenvalue weighted by molar-refractivity contribution is 7.18. The first-order valence-electron chi connectivity index (χ1n) is 11.3. The van der Waals surface area contributed by atoms with Gasteiger partial charge in [0.05, 0.1) is 11.8 Å². The number of amides is 2. The molecule has 0 radical (unpaired) electrons. The second kappa shape index (κ2) is 9.26. The predicted molar refractivity (Wildman–Crippen MR) is 134 cm³/mol. The molecule has 0 aliphatic heterocycles. The van der Waals surface area contributed by atoms with E-state index in [1.807, 2.05) is 49.0 Å². The third-order valence-electron chi connectivity index (χ3n) is 6.32. The van der Waals surface area contributed by atoms with Crippen molar-refractivity contribution in [3.05, 3.63) is 65.4 Å². The number of anilines is 1. The Bertz CT molecular complexity index is 1340. The van der Waals surface area contributed by atoms with E-state index in [2.05, 4.69) is 20.7 Å². The number of nitrogens with zero attached hydrogens (tertiary/aromatic N) is 3. The van der Waals surface area contributed by atoms with E-state index in [4.69, 9.17) is 5.73 Å². The number of hydrogen-bond donors (Lipinski definition) is 3. The topological polar surface area (TPSA) is 115 Å². The Morgan fingerprint density at radius 3 is 2.35 bits per heavy atom. The van der Waals surface area contributed by atoms with Gasteiger partial charge in [0.1, 0.15) is 5.82 Å². The summed E-state index contributed by atoms with van der Waals surface area (Å²) >= 11 is 1.49. The first-order chi connectivity index (χ1) is 16.5. The van der Waals surface area contributed by atoms with Crippen LogP contribution in [-0.4, -0.2) is 38.7 Å². The Balaban J connectivity index is 1.25. The van der Waals surface area contributed by atoms with Crippen molar-refractivity contribution in [3.63, 3.8) is 0 Å². The quantitative estimate of drug-likeness (QED) is 0.408. The number of nitrogens with one attached hydrogen (secondary N) is 2. The molecule has 1 saturated carbocycles. The molecule has 5 rings (SSSR count). The van der Waals surface area contributed by atoms with Gasteiger partial charge in [0, 0.05) is 63.7 Å². The lowest BCUT2D eigenvalue weighted by molar-refractivity contribution is 0.0893. The van der Waals surface area contributed by atoms with Crippen molar-refractivity contribution < 1.29 is 9.59 Å². The van der Waals surface area contributed by atoms with Crippen LogP contribution in [0.4, 0.5) is 5.82 Å². The lowest BCUT2D eigenvalue weighted by Crippen LogP contribution is -2.43. The van der Waals surface area contributed by atoms with Crippen molar-refractivity contribution in [2.45, 2.75) is 37.8 Å². The highest BCUT2D eigenvalue weighted by atomic mass is 32.1. The molecule has 1 aromatic carbocycles. The molecule has 0 atom stereocenters. The van der Waals surface area contributed by atoms with E-state index >= 15 is 0 Å². The minimum Gasteiger partial charge on any atom is -0.383 e. The first kappa shape index (κ1) is 22.1. The largest absolute Gasteiger partial charge is 0.383 e. The maximum absolute atomic E-state index is 13.2. The molecule has 4 N–H and O–H groups in total. The van der Waals surface area contributed by atoms with E-state index in [0.29, 0.717) is 22.3 Å². The zero-order valence-electron chi connectivity index (χ0n) is 18.8. The molecule has 9 heteroatoms. The molecule has 3 heterocycles. The van der Waals surface area contributed by atoms with Gasteiger partial charge in [-0.25, -0.2) is 4.98 Å². The van der Waals surface area contributed by atoms with E-state index in [1.54, 1.807) is 17.1 Å². The summed E-state index contributed by atoms with van der Waals surface area (Å²) in [6, 6.07) is 9.41. The van der Waals surface area contributed by atoms with Crippen molar-refractivity contribution in [2.24, 2.45) is 7.05 Å². The number of carbonyl (C=O) groups excluding carboxylic acids is 2. The summed E-state index contributed by atoms with van der Waals surface area (Å²) < 4.78 is 2.66. The third-order valence-corrected chi connectivity index (χ3v) is 7.33. The van der Waals surface area contributed by atoms with Crippen LogP contribution < -0.4 is 16.4 Å². The fourth-order valence-corrected chi connectivity index (χ4v) is 5.59. The molecular formula is C25H26N6O2S. The molecule has 0 unspecified atom stereocenters. The first-order valence-corrected chi connectivity index (χ1v) is 12.2. The summed E-state index contributed by atoms with van der Waals surface area (Å²) in [5.41, 5.74) is 9.26. The molecule has 1 aliphatic rings. The van der Waals surface area contributed by atoms with Crippen LogP contribution >= 0.6 is 11.3 Å². The second-order valence-corrected chi connectivity index (χ2v) is 9.55. The molecule has 174 valence electrons. The molecule has 2 amide bonds. The standard InChI is InChI=1S/C25H26N6O2S/c1-31-13-16(11-28-31)19-12-27-23(26)21-20(14-34-22(19)21)25(33)30-18-9-7-17(8-10-18)29-24(32)15-5-3-2-4-6-15/h2-6,11-14,17-18H,7-10H2,1H3,(H2,26,27)(H,29,32)(H,30,33)/t17-,18-. The van der Waals surface area contributed by atoms with E-state index < -0.39 is 0 Å². The molecule has 1 aliphatic carbocycles. The summed E-state index contributed by atoms with van der Waals surface area (Å²) in [6.07, 6.45) is 8.69. The van der Waals surface area contributed by atoms with Crippen LogP contribution in [0.5, 0.6) is 0 Å². The Morgan fingerprint density at radius 1 is 1.03 bits per heavy atom. The van der Waals surface area contributed by atoms with Gasteiger partial charge in [-0.2, -0.15) is 5.10 Å². The van der Waals surface area contributed by atoms with E-state index in [9.17, 15) is 9.59 Å². The molecule has 0 saturated heterocycles. The number of nitrogens with two attached hydrogens (primary N) is 1. The Kier molecular flexibility index (Phi) is 6.02. The van der Waals surface area contributed by atoms with Gasteiger partial charge in [0.25, 0.3) is 11.8 Å². The van der Waals surface area contributed by atoms with Crippen LogP contribution in [0.3, 0.4) is 0 Å². The van der Waals surface area contributed by atoms with Crippen LogP contribution in [-0.2, 0) is 7.05 Å². The van der Waals surface area contributed by atoms with E-state index in [0.717, 1.165) is 41.5 Å². The molecule has 0 spiro atoms. The number of benzene rings is 1. The zero-order valence-corrected chi connectivity index (χ0v) is 19.6. The van der Waals surface area contributed by atoms with Crippen molar-refractivity contribution >= 4 is 39.1 Å². The number of rotatable bonds is 5. The SMILES string of the molecule is Cn1cc(-c2cnc(N)c3c(C(=O)N[C@H]4CC[C@H](NC(=O)c5ccccc5)CC4)csc23)cn1. The summed E-state index contributed by atoms with van der Waals surface area (Å²) in [4.78, 5) is 29.9. The highest BCUT2D eigenvalue weighted by Crippen LogP contribution is 2.37. The van der Waals surface area contributed by atoms with Crippen molar-refractivity contribution in [1.29, 1.82) is 0 Å². The number of fused-ring (bicyclic) bond motifs is 1. The number of hydrogen-bond acceptors (Lipinski definition) is 6. The van der Waals surface area contributed by atoms with Gasteiger partial charge in [-0.05, 0) is 37.8 Å². The maximum atomic E-state index is 13.2. The minimum atomic E-state index is -0.139. The van der Waals surface area contributed by atoms with Gasteiger partial charge in [0.2, 0.25) is 0 Å². The van der Waals surface area contributed by atoms with Crippen molar-refractivity contribution in [1.82, 2.24) is 25.4 Å². The summed E-state index contributed by atoms with van der Waals surface area (Å²) in [7, 11) is 1.86. The molecule has 3 aromatic heterocycles. The average molecular weight is 475 g/mol. The number of nitrogen functional groups attached to an aromatic ring is 1. The van der Waals surface area contributed by atoms with E-state index in [-0.39, 0.29) is 23.9 Å². The number of aromatic nitrogens is 3. The summed E-state index contributed by atoms with van der Waals surface area (Å²) in [5.74, 6) is 0.159. The normalized spacial score (nSPS) is 18.0. The number of thiophene rings is 1. The molecule has 8 nitrogen and oxygen atoms in total. The highest BCUT2D eigenvalue weighted by Gasteiger charge is 2.26. The lowest BCUT2D eigenvalue weighted by atomic mass is 9.90. The Hall–Kier alpha value is -3.72. The van der Waals surface area contributed by atoms with Gasteiger partial charge in [-0.15, -0.1) is 11.3 Å². The molecular weight excluding hydrogens is 448 g/mol. The van der Waals surface area contributed by atoms with Gasteiger partial charge in [-0.1, -0.05) is 18.2 Å². The van der Waals surface area contributed by atoms with Gasteiger partial charge in [-0.3, -0.25) is 14.3 Å². The predicted octanol–water partition coefficient (Wildman–Crippen LogP) is 3.75. The van der Waals surface area contributed by atoms with Gasteiger partial charge < -0.3 is 16.4 Å². The molecule has 0 bridgehead atoms. The van der Waals surface area contributed by atoms with Crippen LogP contribution in [0.25, 0.3) is 21.2 Å². The van der Waals surface area contributed by atoms with Crippen LogP contribution in [0, 0.1) is 0 Å². The monoisotopic (exact) mass is 474 g/mol. The number of carbonyl (C=O) groups is 2. The van der Waals surface area contributed by atoms with Crippen LogP contribution in [0.1, 0.15) is 46.4 Å². The Morgan fingerprint density at radius 2 is 1.71 bits per heavy atom. The summed E-state index contributed by atoms with van der Waals surface area (Å²) in [6.45, 7) is 0. The average Bonchev–Trinajstić information content (AvgIpc) is 3.48. The van der Waals surface area contributed by atoms with Gasteiger partial charge >= 0.3 is 0 Å². The van der Waals surface area contributed by atoms with E-state index in [1.165, 1.54) is 11.3 Å². The lowest BCUT2D eigenvalue weighted by Gasteiger charge is -2.29. The molecule has 34 heavy (non-hydrogen) atoms. The van der Waals surface area contributed by atoms with Crippen molar-refractivity contribution in [3.8, 4) is 11.1 Å². The molecule has 1 fully saturated rings. The third kappa shape index (κ3) is 4.38. The molecule has 4 aromatic rings. The summed E-state index contributed by atoms with van der Waals surface area (Å²) in [5, 5.41) is 13.1. The Labute approximate surface area is 201 Å². The van der Waals surface area contributed by atoms with Crippen LogP contribution in [0.15, 0.2) is 54.3 Å². The fourth-order valence-electron chi connectivity index (χ4n) is 4.50. The maximum Gasteiger partial charge on any atom is 0.253 e. The zero-order chi connectivity index (χ0) is 23.7.